The maximum atomic E-state index is 12.9. The highest BCUT2D eigenvalue weighted by atomic mass is 32.2. The van der Waals surface area contributed by atoms with Crippen LogP contribution in [-0.4, -0.2) is 43.8 Å². The number of carbonyl (C=O) groups is 1. The maximum absolute atomic E-state index is 12.9. The first-order valence-corrected chi connectivity index (χ1v) is 10.9. The maximum Gasteiger partial charge on any atom is 0.322 e. The molecule has 0 fully saturated rings. The molecule has 0 aliphatic rings. The zero-order valence-corrected chi connectivity index (χ0v) is 18.0. The topological polar surface area (TPSA) is 69.7 Å². The van der Waals surface area contributed by atoms with Crippen LogP contribution in [0.2, 0.25) is 0 Å². The van der Waals surface area contributed by atoms with Crippen LogP contribution in [0.25, 0.3) is 0 Å². The van der Waals surface area contributed by atoms with Crippen molar-refractivity contribution >= 4 is 21.7 Å². The molecule has 1 N–H and O–H groups in total. The van der Waals surface area contributed by atoms with Crippen molar-refractivity contribution in [2.45, 2.75) is 38.6 Å². The Morgan fingerprint density at radius 1 is 1.07 bits per heavy atom. The van der Waals surface area contributed by atoms with Crippen molar-refractivity contribution in [3.8, 4) is 0 Å². The smallest absolute Gasteiger partial charge is 0.321 e. The summed E-state index contributed by atoms with van der Waals surface area (Å²) in [6.45, 7) is 8.11. The molecule has 0 radical (unpaired) electrons. The lowest BCUT2D eigenvalue weighted by Gasteiger charge is -2.26. The van der Waals surface area contributed by atoms with E-state index in [0.29, 0.717) is 24.3 Å². The van der Waals surface area contributed by atoms with Crippen molar-refractivity contribution in [1.29, 1.82) is 0 Å². The molecule has 2 aromatic rings. The zero-order valence-electron chi connectivity index (χ0n) is 17.1. The summed E-state index contributed by atoms with van der Waals surface area (Å²) in [6, 6.07) is 14.3. The van der Waals surface area contributed by atoms with Gasteiger partial charge in [-0.1, -0.05) is 50.2 Å². The van der Waals surface area contributed by atoms with Crippen molar-refractivity contribution in [3.05, 3.63) is 59.7 Å². The second kappa shape index (κ2) is 9.21. The molecule has 2 aromatic carbocycles. The van der Waals surface area contributed by atoms with Crippen LogP contribution in [0.3, 0.4) is 0 Å². The molecule has 7 heteroatoms. The van der Waals surface area contributed by atoms with Crippen LogP contribution in [0.1, 0.15) is 37.9 Å². The molecule has 152 valence electrons. The van der Waals surface area contributed by atoms with Crippen molar-refractivity contribution in [2.24, 2.45) is 0 Å². The van der Waals surface area contributed by atoms with Crippen LogP contribution in [0.4, 0.5) is 10.5 Å². The van der Waals surface area contributed by atoms with E-state index >= 15 is 0 Å². The number of carbonyl (C=O) groups excluding carboxylic acids is 1. The molecule has 0 saturated carbocycles. The second-order valence-corrected chi connectivity index (χ2v) is 8.60. The number of amides is 2. The van der Waals surface area contributed by atoms with Crippen molar-refractivity contribution in [2.75, 3.05) is 25.5 Å². The molecule has 1 atom stereocenters. The molecule has 0 unspecified atom stereocenters. The molecule has 6 nitrogen and oxygen atoms in total. The predicted molar refractivity (Wildman–Crippen MR) is 113 cm³/mol. The Morgan fingerprint density at radius 2 is 1.68 bits per heavy atom. The molecule has 2 amide bonds. The standard InChI is InChI=1S/C21H29N3O3S/c1-6-24(7-2)28(26,27)20-15-19(14-13-16(20)3)22-21(25)23(5)17(4)18-11-9-8-10-12-18/h8-15,17H,6-7H2,1-5H3,(H,22,25)/t17-/m0/s1. The van der Waals surface area contributed by atoms with Crippen LogP contribution < -0.4 is 5.32 Å². The lowest BCUT2D eigenvalue weighted by Crippen LogP contribution is -2.34. The first-order valence-electron chi connectivity index (χ1n) is 9.41. The Balaban J connectivity index is 2.24. The zero-order chi connectivity index (χ0) is 20.9. The van der Waals surface area contributed by atoms with Gasteiger partial charge in [0.25, 0.3) is 0 Å². The van der Waals surface area contributed by atoms with E-state index in [-0.39, 0.29) is 17.0 Å². The first-order chi connectivity index (χ1) is 13.2. The van der Waals surface area contributed by atoms with Gasteiger partial charge in [-0.25, -0.2) is 13.2 Å². The normalized spacial score (nSPS) is 12.6. The van der Waals surface area contributed by atoms with Crippen LogP contribution in [0.5, 0.6) is 0 Å². The summed E-state index contributed by atoms with van der Waals surface area (Å²) in [4.78, 5) is 14.5. The summed E-state index contributed by atoms with van der Waals surface area (Å²) >= 11 is 0. The van der Waals surface area contributed by atoms with Gasteiger partial charge in [-0.2, -0.15) is 4.31 Å². The number of hydrogen-bond acceptors (Lipinski definition) is 3. The summed E-state index contributed by atoms with van der Waals surface area (Å²) in [5, 5.41) is 2.81. The summed E-state index contributed by atoms with van der Waals surface area (Å²) in [5.74, 6) is 0. The first kappa shape index (κ1) is 21.9. The molecule has 2 rings (SSSR count). The molecular weight excluding hydrogens is 374 g/mol. The van der Waals surface area contributed by atoms with E-state index in [1.54, 1.807) is 31.0 Å². The monoisotopic (exact) mass is 403 g/mol. The van der Waals surface area contributed by atoms with Gasteiger partial charge in [0.15, 0.2) is 0 Å². The average molecular weight is 404 g/mol. The summed E-state index contributed by atoms with van der Waals surface area (Å²) in [6.07, 6.45) is 0. The quantitative estimate of drug-likeness (QED) is 0.751. The van der Waals surface area contributed by atoms with Gasteiger partial charge in [0.1, 0.15) is 0 Å². The van der Waals surface area contributed by atoms with E-state index in [4.69, 9.17) is 0 Å². The van der Waals surface area contributed by atoms with E-state index < -0.39 is 10.0 Å². The lowest BCUT2D eigenvalue weighted by molar-refractivity contribution is 0.208. The van der Waals surface area contributed by atoms with Gasteiger partial charge in [-0.05, 0) is 37.1 Å². The molecule has 0 aliphatic heterocycles. The molecule has 0 bridgehead atoms. The van der Waals surface area contributed by atoms with Crippen LogP contribution in [-0.2, 0) is 10.0 Å². The third-order valence-corrected chi connectivity index (χ3v) is 7.14. The van der Waals surface area contributed by atoms with E-state index in [2.05, 4.69) is 5.32 Å². The Bertz CT molecular complexity index is 910. The highest BCUT2D eigenvalue weighted by Crippen LogP contribution is 2.25. The number of urea groups is 1. The Hall–Kier alpha value is -2.38. The fourth-order valence-electron chi connectivity index (χ4n) is 3.00. The number of hydrogen-bond donors (Lipinski definition) is 1. The third kappa shape index (κ3) is 4.72. The largest absolute Gasteiger partial charge is 0.322 e. The summed E-state index contributed by atoms with van der Waals surface area (Å²) < 4.78 is 27.2. The molecule has 0 spiro atoms. The fourth-order valence-corrected chi connectivity index (χ4v) is 4.71. The number of sulfonamides is 1. The summed E-state index contributed by atoms with van der Waals surface area (Å²) in [7, 11) is -1.88. The van der Waals surface area contributed by atoms with Gasteiger partial charge >= 0.3 is 6.03 Å². The number of nitrogens with zero attached hydrogens (tertiary/aromatic N) is 2. The lowest BCUT2D eigenvalue weighted by atomic mass is 10.1. The van der Waals surface area contributed by atoms with Crippen molar-refractivity contribution in [3.63, 3.8) is 0 Å². The Kier molecular flexibility index (Phi) is 7.21. The number of nitrogens with one attached hydrogen (secondary N) is 1. The van der Waals surface area contributed by atoms with E-state index in [1.165, 1.54) is 10.4 Å². The number of benzene rings is 2. The third-order valence-electron chi connectivity index (χ3n) is 4.95. The van der Waals surface area contributed by atoms with Gasteiger partial charge in [-0.15, -0.1) is 0 Å². The SMILES string of the molecule is CCN(CC)S(=O)(=O)c1cc(NC(=O)N(C)[C@@H](C)c2ccccc2)ccc1C. The number of aryl methyl sites for hydroxylation is 1. The fraction of sp³-hybridized carbons (Fsp3) is 0.381. The minimum atomic E-state index is -3.60. The Morgan fingerprint density at radius 3 is 2.25 bits per heavy atom. The van der Waals surface area contributed by atoms with Gasteiger partial charge in [0, 0.05) is 25.8 Å². The van der Waals surface area contributed by atoms with Gasteiger partial charge in [-0.3, -0.25) is 0 Å². The minimum Gasteiger partial charge on any atom is -0.321 e. The molecule has 0 aromatic heterocycles. The predicted octanol–water partition coefficient (Wildman–Crippen LogP) is 4.25. The van der Waals surface area contributed by atoms with E-state index in [9.17, 15) is 13.2 Å². The second-order valence-electron chi connectivity index (χ2n) is 6.70. The summed E-state index contributed by atoms with van der Waals surface area (Å²) in [5.41, 5.74) is 2.12. The molecule has 0 heterocycles. The minimum absolute atomic E-state index is 0.120. The van der Waals surface area contributed by atoms with Crippen LogP contribution >= 0.6 is 0 Å². The molecular formula is C21H29N3O3S. The highest BCUT2D eigenvalue weighted by Gasteiger charge is 2.24. The molecule has 0 saturated heterocycles. The van der Waals surface area contributed by atoms with Gasteiger partial charge < -0.3 is 10.2 Å². The number of rotatable bonds is 7. The Labute approximate surface area is 168 Å². The number of anilines is 1. The highest BCUT2D eigenvalue weighted by molar-refractivity contribution is 7.89. The van der Waals surface area contributed by atoms with Crippen molar-refractivity contribution < 1.29 is 13.2 Å². The van der Waals surface area contributed by atoms with Crippen LogP contribution in [0.15, 0.2) is 53.4 Å². The van der Waals surface area contributed by atoms with Gasteiger partial charge in [0.2, 0.25) is 10.0 Å². The van der Waals surface area contributed by atoms with E-state index in [0.717, 1.165) is 5.56 Å². The molecule has 28 heavy (non-hydrogen) atoms. The van der Waals surface area contributed by atoms with Crippen LogP contribution in [0, 0.1) is 6.92 Å². The molecule has 0 aliphatic carbocycles. The van der Waals surface area contributed by atoms with Crippen molar-refractivity contribution in [1.82, 2.24) is 9.21 Å². The van der Waals surface area contributed by atoms with Gasteiger partial charge in [0.05, 0.1) is 10.9 Å². The average Bonchev–Trinajstić information content (AvgIpc) is 2.69. The van der Waals surface area contributed by atoms with E-state index in [1.807, 2.05) is 51.1 Å².